The summed E-state index contributed by atoms with van der Waals surface area (Å²) in [4.78, 5) is 14.0. The molecule has 192 valence electrons. The minimum absolute atomic E-state index is 0.0274. The molecule has 0 aliphatic heterocycles. The molecule has 0 unspecified atom stereocenters. The number of benzene rings is 6. The molecular weight excluding hydrogens is 492 g/mol. The highest BCUT2D eigenvalue weighted by Gasteiger charge is 2.18. The SMILES string of the molecule is O=C(c1ccccc1-c1ccc(Oc2ccccc2)cc1)c1ccccc1-c1ccc(Oc2ccccc2)cc1. The van der Waals surface area contributed by atoms with Crippen molar-refractivity contribution in [1.29, 1.82) is 0 Å². The molecule has 0 bridgehead atoms. The number of para-hydroxylation sites is 2. The molecule has 0 amide bonds. The maximum absolute atomic E-state index is 14.0. The minimum atomic E-state index is -0.0274. The molecule has 0 aromatic heterocycles. The molecule has 0 spiro atoms. The molecule has 0 saturated carbocycles. The molecule has 40 heavy (non-hydrogen) atoms. The second kappa shape index (κ2) is 11.5. The average molecular weight is 519 g/mol. The summed E-state index contributed by atoms with van der Waals surface area (Å²) >= 11 is 0. The van der Waals surface area contributed by atoms with E-state index in [9.17, 15) is 4.79 Å². The van der Waals surface area contributed by atoms with Gasteiger partial charge in [-0.25, -0.2) is 0 Å². The topological polar surface area (TPSA) is 35.5 Å². The Bertz CT molecular complexity index is 1590. The van der Waals surface area contributed by atoms with Gasteiger partial charge in [0.05, 0.1) is 0 Å². The van der Waals surface area contributed by atoms with Crippen molar-refractivity contribution in [3.8, 4) is 45.3 Å². The molecule has 6 aromatic carbocycles. The van der Waals surface area contributed by atoms with E-state index in [1.54, 1.807) is 0 Å². The maximum Gasteiger partial charge on any atom is 0.194 e. The van der Waals surface area contributed by atoms with Crippen molar-refractivity contribution in [3.05, 3.63) is 169 Å². The maximum atomic E-state index is 14.0. The molecule has 0 N–H and O–H groups in total. The highest BCUT2D eigenvalue weighted by atomic mass is 16.5. The smallest absolute Gasteiger partial charge is 0.194 e. The van der Waals surface area contributed by atoms with Crippen molar-refractivity contribution in [2.75, 3.05) is 0 Å². The van der Waals surface area contributed by atoms with Crippen LogP contribution in [0.3, 0.4) is 0 Å². The van der Waals surface area contributed by atoms with Gasteiger partial charge in [-0.3, -0.25) is 4.79 Å². The van der Waals surface area contributed by atoms with Gasteiger partial charge in [-0.2, -0.15) is 0 Å². The molecule has 3 nitrogen and oxygen atoms in total. The summed E-state index contributed by atoms with van der Waals surface area (Å²) in [7, 11) is 0. The van der Waals surface area contributed by atoms with Crippen molar-refractivity contribution in [2.24, 2.45) is 0 Å². The Morgan fingerprint density at radius 2 is 0.675 bits per heavy atom. The summed E-state index contributed by atoms with van der Waals surface area (Å²) in [6.45, 7) is 0. The molecule has 3 heteroatoms. The van der Waals surface area contributed by atoms with Gasteiger partial charge in [0.25, 0.3) is 0 Å². The van der Waals surface area contributed by atoms with Gasteiger partial charge in [0.2, 0.25) is 0 Å². The first-order valence-corrected chi connectivity index (χ1v) is 13.1. The van der Waals surface area contributed by atoms with Crippen LogP contribution < -0.4 is 9.47 Å². The lowest BCUT2D eigenvalue weighted by atomic mass is 9.90. The van der Waals surface area contributed by atoms with Gasteiger partial charge in [-0.05, 0) is 70.8 Å². The quantitative estimate of drug-likeness (QED) is 0.188. The van der Waals surface area contributed by atoms with Crippen LogP contribution in [0.2, 0.25) is 0 Å². The number of ether oxygens (including phenoxy) is 2. The van der Waals surface area contributed by atoms with Crippen LogP contribution in [0.4, 0.5) is 0 Å². The van der Waals surface area contributed by atoms with E-state index in [4.69, 9.17) is 9.47 Å². The summed E-state index contributed by atoms with van der Waals surface area (Å²) < 4.78 is 11.9. The fourth-order valence-corrected chi connectivity index (χ4v) is 4.67. The fraction of sp³-hybridized carbons (Fsp3) is 0. The van der Waals surface area contributed by atoms with Gasteiger partial charge < -0.3 is 9.47 Å². The average Bonchev–Trinajstić information content (AvgIpc) is 3.03. The minimum Gasteiger partial charge on any atom is -0.457 e. The van der Waals surface area contributed by atoms with Gasteiger partial charge in [-0.15, -0.1) is 0 Å². The summed E-state index contributed by atoms with van der Waals surface area (Å²) in [5, 5.41) is 0. The van der Waals surface area contributed by atoms with Crippen LogP contribution >= 0.6 is 0 Å². The summed E-state index contributed by atoms with van der Waals surface area (Å²) in [5.41, 5.74) is 4.94. The number of ketones is 1. The molecule has 6 rings (SSSR count). The van der Waals surface area contributed by atoms with Crippen LogP contribution in [0.15, 0.2) is 158 Å². The van der Waals surface area contributed by atoms with Gasteiger partial charge >= 0.3 is 0 Å². The Hall–Kier alpha value is -5.41. The van der Waals surface area contributed by atoms with E-state index < -0.39 is 0 Å². The molecule has 0 radical (unpaired) electrons. The van der Waals surface area contributed by atoms with Gasteiger partial charge in [0.15, 0.2) is 5.78 Å². The van der Waals surface area contributed by atoms with E-state index in [0.29, 0.717) is 11.1 Å². The first kappa shape index (κ1) is 24.9. The highest BCUT2D eigenvalue weighted by molar-refractivity contribution is 6.16. The molecular formula is C37H26O3. The Kier molecular flexibility index (Phi) is 7.19. The first-order valence-electron chi connectivity index (χ1n) is 13.1. The molecule has 0 fully saturated rings. The van der Waals surface area contributed by atoms with Crippen molar-refractivity contribution in [1.82, 2.24) is 0 Å². The predicted molar refractivity (Wildman–Crippen MR) is 160 cm³/mol. The van der Waals surface area contributed by atoms with Crippen LogP contribution in [0.1, 0.15) is 15.9 Å². The monoisotopic (exact) mass is 518 g/mol. The summed E-state index contributed by atoms with van der Waals surface area (Å²) in [6, 6.07) is 50.5. The van der Waals surface area contributed by atoms with Crippen LogP contribution in [0.25, 0.3) is 22.3 Å². The second-order valence-corrected chi connectivity index (χ2v) is 9.30. The van der Waals surface area contributed by atoms with Crippen LogP contribution in [-0.2, 0) is 0 Å². The third-order valence-electron chi connectivity index (χ3n) is 6.63. The zero-order chi connectivity index (χ0) is 27.1. The van der Waals surface area contributed by atoms with E-state index in [0.717, 1.165) is 45.3 Å². The Labute approximate surface area is 233 Å². The lowest BCUT2D eigenvalue weighted by molar-refractivity contribution is 0.104. The Morgan fingerprint density at radius 1 is 0.350 bits per heavy atom. The van der Waals surface area contributed by atoms with Crippen molar-refractivity contribution >= 4 is 5.78 Å². The third kappa shape index (κ3) is 5.54. The fourth-order valence-electron chi connectivity index (χ4n) is 4.67. The van der Waals surface area contributed by atoms with Crippen molar-refractivity contribution in [2.45, 2.75) is 0 Å². The van der Waals surface area contributed by atoms with Crippen LogP contribution in [0, 0.1) is 0 Å². The summed E-state index contributed by atoms with van der Waals surface area (Å²) in [6.07, 6.45) is 0. The van der Waals surface area contributed by atoms with Gasteiger partial charge in [-0.1, -0.05) is 109 Å². The number of carbonyl (C=O) groups is 1. The molecule has 0 heterocycles. The Balaban J connectivity index is 1.27. The lowest BCUT2D eigenvalue weighted by Crippen LogP contribution is -2.05. The van der Waals surface area contributed by atoms with E-state index in [1.165, 1.54) is 0 Å². The second-order valence-electron chi connectivity index (χ2n) is 9.30. The van der Waals surface area contributed by atoms with Crippen molar-refractivity contribution < 1.29 is 14.3 Å². The van der Waals surface area contributed by atoms with E-state index in [-0.39, 0.29) is 5.78 Å². The number of carbonyl (C=O) groups excluding carboxylic acids is 1. The molecule has 6 aromatic rings. The zero-order valence-corrected chi connectivity index (χ0v) is 21.7. The molecule has 0 atom stereocenters. The van der Waals surface area contributed by atoms with Gasteiger partial charge in [0.1, 0.15) is 23.0 Å². The number of hydrogen-bond donors (Lipinski definition) is 0. The number of rotatable bonds is 8. The molecule has 0 saturated heterocycles. The Morgan fingerprint density at radius 3 is 1.07 bits per heavy atom. The lowest BCUT2D eigenvalue weighted by Gasteiger charge is -2.14. The van der Waals surface area contributed by atoms with Crippen LogP contribution in [-0.4, -0.2) is 5.78 Å². The number of hydrogen-bond acceptors (Lipinski definition) is 3. The third-order valence-corrected chi connectivity index (χ3v) is 6.63. The van der Waals surface area contributed by atoms with E-state index in [2.05, 4.69) is 0 Å². The first-order chi connectivity index (χ1) is 19.7. The van der Waals surface area contributed by atoms with Gasteiger partial charge in [0, 0.05) is 11.1 Å². The standard InChI is InChI=1S/C37H26O3/c38-37(35-17-9-7-15-33(35)27-19-23-31(24-20-27)39-29-11-3-1-4-12-29)36-18-10-8-16-34(36)28-21-25-32(26-22-28)40-30-13-5-2-6-14-30/h1-26H. The van der Waals surface area contributed by atoms with E-state index in [1.807, 2.05) is 158 Å². The molecule has 0 aliphatic rings. The van der Waals surface area contributed by atoms with Crippen molar-refractivity contribution in [3.63, 3.8) is 0 Å². The predicted octanol–water partition coefficient (Wildman–Crippen LogP) is 9.84. The van der Waals surface area contributed by atoms with Crippen LogP contribution in [0.5, 0.6) is 23.0 Å². The summed E-state index contributed by atoms with van der Waals surface area (Å²) in [5.74, 6) is 3.01. The largest absolute Gasteiger partial charge is 0.457 e. The normalized spacial score (nSPS) is 10.6. The highest BCUT2D eigenvalue weighted by Crippen LogP contribution is 2.33. The zero-order valence-electron chi connectivity index (χ0n) is 21.7. The van der Waals surface area contributed by atoms with E-state index >= 15 is 0 Å². The molecule has 0 aliphatic carbocycles.